The van der Waals surface area contributed by atoms with Crippen molar-refractivity contribution in [3.05, 3.63) is 71.7 Å². The lowest BCUT2D eigenvalue weighted by molar-refractivity contribution is -0.124. The number of hydrogen-bond acceptors (Lipinski definition) is 5. The number of pyridine rings is 1. The van der Waals surface area contributed by atoms with Gasteiger partial charge in [0.1, 0.15) is 0 Å². The van der Waals surface area contributed by atoms with Gasteiger partial charge < -0.3 is 10.1 Å². The van der Waals surface area contributed by atoms with Gasteiger partial charge in [-0.25, -0.2) is 5.48 Å². The van der Waals surface area contributed by atoms with Gasteiger partial charge in [0.2, 0.25) is 0 Å². The fraction of sp³-hybridized carbons (Fsp3) is 0.238. The number of nitrogens with zero attached hydrogens (tertiary/aromatic N) is 2. The van der Waals surface area contributed by atoms with E-state index in [2.05, 4.69) is 39.1 Å². The Hall–Kier alpha value is -3.00. The van der Waals surface area contributed by atoms with Crippen LogP contribution in [0.25, 0.3) is 17.0 Å². The molecule has 0 saturated carbocycles. The van der Waals surface area contributed by atoms with Gasteiger partial charge in [0.15, 0.2) is 0 Å². The van der Waals surface area contributed by atoms with E-state index in [1.165, 1.54) is 17.0 Å². The number of hydrogen-bond donors (Lipinski definition) is 4. The number of rotatable bonds is 9. The van der Waals surface area contributed by atoms with Crippen LogP contribution < -0.4 is 5.48 Å². The first-order chi connectivity index (χ1) is 13.7. The molecule has 0 aliphatic carbocycles. The monoisotopic (exact) mass is 380 g/mol. The third-order valence-corrected chi connectivity index (χ3v) is 4.52. The molecule has 0 bridgehead atoms. The summed E-state index contributed by atoms with van der Waals surface area (Å²) < 4.78 is 0. The van der Waals surface area contributed by atoms with E-state index in [0.717, 1.165) is 29.7 Å². The van der Waals surface area contributed by atoms with Crippen LogP contribution in [0.2, 0.25) is 0 Å². The minimum Gasteiger partial charge on any atom is -0.395 e. The average molecular weight is 380 g/mol. The van der Waals surface area contributed by atoms with E-state index in [1.54, 1.807) is 17.8 Å². The molecule has 0 aliphatic heterocycles. The first kappa shape index (κ1) is 19.8. The highest BCUT2D eigenvalue weighted by Gasteiger charge is 2.08. The Morgan fingerprint density at radius 3 is 2.86 bits per heavy atom. The zero-order valence-electron chi connectivity index (χ0n) is 15.5. The fourth-order valence-corrected chi connectivity index (χ4v) is 3.02. The van der Waals surface area contributed by atoms with Crippen LogP contribution in [0.15, 0.2) is 54.9 Å². The van der Waals surface area contributed by atoms with Crippen LogP contribution in [0.1, 0.15) is 16.8 Å². The minimum absolute atomic E-state index is 0.0900. The Balaban J connectivity index is 1.59. The maximum atomic E-state index is 11.0. The van der Waals surface area contributed by atoms with Crippen molar-refractivity contribution in [2.24, 2.45) is 0 Å². The summed E-state index contributed by atoms with van der Waals surface area (Å²) in [7, 11) is 0. The molecule has 146 valence electrons. The van der Waals surface area contributed by atoms with Gasteiger partial charge in [-0.1, -0.05) is 18.2 Å². The number of hydroxylamine groups is 1. The molecule has 0 aliphatic rings. The summed E-state index contributed by atoms with van der Waals surface area (Å²) in [5.41, 5.74) is 5.57. The molecule has 0 fully saturated rings. The number of aliphatic hydroxyl groups excluding tert-OH is 1. The predicted octanol–water partition coefficient (Wildman–Crippen LogP) is 2.12. The topological polar surface area (TPSA) is 101 Å². The summed E-state index contributed by atoms with van der Waals surface area (Å²) in [6, 6.07) is 12.2. The van der Waals surface area contributed by atoms with Crippen LogP contribution in [-0.4, -0.2) is 50.8 Å². The maximum Gasteiger partial charge on any atom is 0.267 e. The van der Waals surface area contributed by atoms with Gasteiger partial charge in [0.05, 0.1) is 12.3 Å². The first-order valence-electron chi connectivity index (χ1n) is 9.14. The Morgan fingerprint density at radius 2 is 2.11 bits per heavy atom. The molecular formula is C21H24N4O3. The van der Waals surface area contributed by atoms with E-state index in [-0.39, 0.29) is 6.61 Å². The number of H-pyrrole nitrogens is 1. The summed E-state index contributed by atoms with van der Waals surface area (Å²) in [6.07, 6.45) is 7.30. The molecule has 3 aromatic rings. The van der Waals surface area contributed by atoms with Gasteiger partial charge in [-0.3, -0.25) is 19.9 Å². The van der Waals surface area contributed by atoms with Crippen molar-refractivity contribution in [2.75, 3.05) is 19.7 Å². The predicted molar refractivity (Wildman–Crippen MR) is 108 cm³/mol. The normalized spacial score (nSPS) is 11.5. The second-order valence-corrected chi connectivity index (χ2v) is 6.54. The molecule has 1 aromatic carbocycles. The largest absolute Gasteiger partial charge is 0.395 e. The second-order valence-electron chi connectivity index (χ2n) is 6.54. The van der Waals surface area contributed by atoms with Crippen LogP contribution >= 0.6 is 0 Å². The molecule has 0 atom stereocenters. The molecule has 2 heterocycles. The lowest BCUT2D eigenvalue weighted by Gasteiger charge is -2.21. The summed E-state index contributed by atoms with van der Waals surface area (Å²) in [6.45, 7) is 2.11. The Kier molecular flexibility index (Phi) is 6.91. The van der Waals surface area contributed by atoms with E-state index >= 15 is 0 Å². The molecule has 0 spiro atoms. The van der Waals surface area contributed by atoms with Gasteiger partial charge in [0.25, 0.3) is 5.91 Å². The lowest BCUT2D eigenvalue weighted by atomic mass is 10.1. The van der Waals surface area contributed by atoms with Crippen molar-refractivity contribution in [3.8, 4) is 0 Å². The molecule has 4 N–H and O–H groups in total. The molecule has 0 unspecified atom stereocenters. The van der Waals surface area contributed by atoms with Gasteiger partial charge >= 0.3 is 0 Å². The van der Waals surface area contributed by atoms with Crippen LogP contribution in [0, 0.1) is 0 Å². The molecular weight excluding hydrogens is 356 g/mol. The van der Waals surface area contributed by atoms with Gasteiger partial charge in [-0.15, -0.1) is 0 Å². The maximum absolute atomic E-state index is 11.0. The number of aliphatic hydroxyl groups is 1. The minimum atomic E-state index is -0.587. The van der Waals surface area contributed by atoms with Gasteiger partial charge in [-0.05, 0) is 47.2 Å². The number of amides is 1. The summed E-state index contributed by atoms with van der Waals surface area (Å²) >= 11 is 0. The number of benzene rings is 1. The second kappa shape index (κ2) is 9.80. The highest BCUT2D eigenvalue weighted by atomic mass is 16.5. The summed E-state index contributed by atoms with van der Waals surface area (Å²) in [5.74, 6) is -0.587. The van der Waals surface area contributed by atoms with Crippen molar-refractivity contribution < 1.29 is 15.1 Å². The van der Waals surface area contributed by atoms with Gasteiger partial charge in [0, 0.05) is 43.6 Å². The zero-order chi connectivity index (χ0) is 19.8. The number of aromatic nitrogens is 2. The number of fused-ring (bicyclic) bond motifs is 1. The highest BCUT2D eigenvalue weighted by Crippen LogP contribution is 2.15. The van der Waals surface area contributed by atoms with Crippen LogP contribution in [-0.2, 0) is 17.8 Å². The van der Waals surface area contributed by atoms with Crippen molar-refractivity contribution in [1.29, 1.82) is 0 Å². The fourth-order valence-electron chi connectivity index (χ4n) is 3.02. The quantitative estimate of drug-likeness (QED) is 0.259. The third-order valence-electron chi connectivity index (χ3n) is 4.52. The van der Waals surface area contributed by atoms with E-state index < -0.39 is 5.91 Å². The van der Waals surface area contributed by atoms with Crippen molar-refractivity contribution in [1.82, 2.24) is 20.3 Å². The standard InChI is InChI=1S/C21H24N4O3/c26-12-11-25(10-8-16-1-4-18-7-9-22-20(18)13-16)15-19-5-2-17(14-23-19)3-6-21(27)24-28/h1-7,9,13-14,22,26,28H,8,10-12,15H2,(H,24,27)/b6-3+. The van der Waals surface area contributed by atoms with Gasteiger partial charge in [-0.2, -0.15) is 0 Å². The smallest absolute Gasteiger partial charge is 0.267 e. The van der Waals surface area contributed by atoms with Crippen molar-refractivity contribution in [3.63, 3.8) is 0 Å². The van der Waals surface area contributed by atoms with Crippen LogP contribution in [0.4, 0.5) is 0 Å². The zero-order valence-corrected chi connectivity index (χ0v) is 15.5. The van der Waals surface area contributed by atoms with E-state index in [4.69, 9.17) is 5.21 Å². The van der Waals surface area contributed by atoms with E-state index in [1.807, 2.05) is 18.3 Å². The molecule has 0 radical (unpaired) electrons. The molecule has 0 saturated heterocycles. The van der Waals surface area contributed by atoms with Crippen molar-refractivity contribution >= 4 is 22.9 Å². The highest BCUT2D eigenvalue weighted by molar-refractivity contribution is 5.90. The third kappa shape index (κ3) is 5.50. The SMILES string of the molecule is O=C(/C=C/c1ccc(CN(CCO)CCc2ccc3cc[nH]c3c2)nc1)NO. The summed E-state index contributed by atoms with van der Waals surface area (Å²) in [4.78, 5) is 20.8. The Bertz CT molecular complexity index is 934. The van der Waals surface area contributed by atoms with Crippen LogP contribution in [0.5, 0.6) is 0 Å². The first-order valence-corrected chi connectivity index (χ1v) is 9.14. The molecule has 28 heavy (non-hydrogen) atoms. The summed E-state index contributed by atoms with van der Waals surface area (Å²) in [5, 5.41) is 19.1. The lowest BCUT2D eigenvalue weighted by Crippen LogP contribution is -2.29. The van der Waals surface area contributed by atoms with E-state index in [9.17, 15) is 9.90 Å². The van der Waals surface area contributed by atoms with Crippen molar-refractivity contribution in [2.45, 2.75) is 13.0 Å². The average Bonchev–Trinajstić information content (AvgIpc) is 3.19. The number of carbonyl (C=O) groups is 1. The molecule has 7 nitrogen and oxygen atoms in total. The molecule has 2 aromatic heterocycles. The Morgan fingerprint density at radius 1 is 1.21 bits per heavy atom. The number of carbonyl (C=O) groups excluding carboxylic acids is 1. The van der Waals surface area contributed by atoms with Crippen LogP contribution in [0.3, 0.4) is 0 Å². The molecule has 7 heteroatoms. The number of aromatic amines is 1. The number of nitrogens with one attached hydrogen (secondary N) is 2. The molecule has 3 rings (SSSR count). The molecule has 1 amide bonds. The van der Waals surface area contributed by atoms with E-state index in [0.29, 0.717) is 13.1 Å². The Labute approximate surface area is 163 Å².